The van der Waals surface area contributed by atoms with Crippen LogP contribution in [0.4, 0.5) is 10.7 Å². The van der Waals surface area contributed by atoms with E-state index < -0.39 is 17.6 Å². The Balaban J connectivity index is 1.94. The number of hydrogen-bond acceptors (Lipinski definition) is 4. The van der Waals surface area contributed by atoms with Gasteiger partial charge >= 0.3 is 6.09 Å². The molecular weight excluding hydrogens is 344 g/mol. The van der Waals surface area contributed by atoms with Crippen LogP contribution < -0.4 is 4.90 Å². The lowest BCUT2D eigenvalue weighted by Gasteiger charge is -2.25. The van der Waals surface area contributed by atoms with E-state index in [1.807, 2.05) is 31.2 Å². The third-order valence-electron chi connectivity index (χ3n) is 4.15. The average Bonchev–Trinajstić information content (AvgIpc) is 3.21. The van der Waals surface area contributed by atoms with Gasteiger partial charge in [-0.2, -0.15) is 4.90 Å². The molecule has 0 saturated heterocycles. The van der Waals surface area contributed by atoms with Gasteiger partial charge in [-0.1, -0.05) is 25.1 Å². The van der Waals surface area contributed by atoms with E-state index in [9.17, 15) is 9.59 Å². The fraction of sp³-hybridized carbons (Fsp3) is 0.333. The molecule has 1 N–H and O–H groups in total. The van der Waals surface area contributed by atoms with E-state index in [1.165, 1.54) is 6.26 Å². The number of furan rings is 1. The minimum absolute atomic E-state index is 0.0487. The number of aryl methyl sites for hydroxylation is 1. The van der Waals surface area contributed by atoms with Crippen molar-refractivity contribution in [2.75, 3.05) is 4.90 Å². The Kier molecular flexibility index (Phi) is 5.08. The van der Waals surface area contributed by atoms with Crippen molar-refractivity contribution >= 4 is 28.8 Å². The molecule has 2 amide bonds. The molecule has 1 aromatic carbocycles. The van der Waals surface area contributed by atoms with Gasteiger partial charge in [0.25, 0.3) is 0 Å². The molecule has 2 heterocycles. The van der Waals surface area contributed by atoms with Crippen molar-refractivity contribution in [1.82, 2.24) is 4.98 Å². The number of imide groups is 1. The molecule has 0 aliphatic heterocycles. The minimum Gasteiger partial charge on any atom is -0.447 e. The van der Waals surface area contributed by atoms with E-state index >= 15 is 0 Å². The first-order valence-corrected chi connectivity index (χ1v) is 8.97. The molecule has 27 heavy (non-hydrogen) atoms. The highest BCUT2D eigenvalue weighted by Gasteiger charge is 2.32. The van der Waals surface area contributed by atoms with Gasteiger partial charge in [0.1, 0.15) is 5.60 Å². The van der Waals surface area contributed by atoms with Crippen LogP contribution in [0.1, 0.15) is 38.8 Å². The van der Waals surface area contributed by atoms with E-state index in [0.29, 0.717) is 6.42 Å². The van der Waals surface area contributed by atoms with Gasteiger partial charge in [-0.05, 0) is 44.9 Å². The van der Waals surface area contributed by atoms with E-state index in [1.54, 1.807) is 33.0 Å². The molecule has 3 aromatic rings. The van der Waals surface area contributed by atoms with Gasteiger partial charge in [0.15, 0.2) is 0 Å². The minimum atomic E-state index is -0.739. The summed E-state index contributed by atoms with van der Waals surface area (Å²) in [5.74, 6) is -0.185. The first-order valence-electron chi connectivity index (χ1n) is 8.97. The Labute approximate surface area is 158 Å². The Morgan fingerprint density at radius 3 is 2.59 bits per heavy atom. The maximum absolute atomic E-state index is 13.1. The molecule has 0 unspecified atom stereocenters. The summed E-state index contributed by atoms with van der Waals surface area (Å²) in [6.07, 6.45) is 3.21. The standard InChI is InChI=1S/C21H24N2O4/c1-5-14-10-11-26-19(14)23(20(25)27-21(2,3)4)18(24)12-15-13-22-17-9-7-6-8-16(15)17/h6-11,13,22H,5,12H2,1-4H3. The Morgan fingerprint density at radius 2 is 1.89 bits per heavy atom. The number of hydrogen-bond donors (Lipinski definition) is 1. The topological polar surface area (TPSA) is 75.5 Å². The lowest BCUT2D eigenvalue weighted by molar-refractivity contribution is -0.117. The second-order valence-corrected chi connectivity index (χ2v) is 7.35. The Hall–Kier alpha value is -3.02. The Morgan fingerprint density at radius 1 is 1.15 bits per heavy atom. The molecule has 0 aliphatic rings. The predicted octanol–water partition coefficient (Wildman–Crippen LogP) is 4.83. The van der Waals surface area contributed by atoms with E-state index in [4.69, 9.17) is 9.15 Å². The summed E-state index contributed by atoms with van der Waals surface area (Å²) in [7, 11) is 0. The van der Waals surface area contributed by atoms with Gasteiger partial charge in [-0.3, -0.25) is 4.79 Å². The summed E-state index contributed by atoms with van der Waals surface area (Å²) in [4.78, 5) is 30.0. The van der Waals surface area contributed by atoms with Crippen molar-refractivity contribution in [3.8, 4) is 0 Å². The number of carbonyl (C=O) groups is 2. The maximum atomic E-state index is 13.1. The number of carbonyl (C=O) groups excluding carboxylic acids is 2. The number of fused-ring (bicyclic) bond motifs is 1. The van der Waals surface area contributed by atoms with Gasteiger partial charge in [0.05, 0.1) is 12.7 Å². The SMILES string of the molecule is CCc1ccoc1N(C(=O)Cc1c[nH]c2ccccc12)C(=O)OC(C)(C)C. The average molecular weight is 368 g/mol. The summed E-state index contributed by atoms with van der Waals surface area (Å²) in [5.41, 5.74) is 1.80. The molecule has 0 aliphatic carbocycles. The van der Waals surface area contributed by atoms with Crippen LogP contribution in [0.15, 0.2) is 47.2 Å². The van der Waals surface area contributed by atoms with Crippen LogP contribution >= 0.6 is 0 Å². The number of amides is 2. The largest absolute Gasteiger partial charge is 0.447 e. The molecule has 142 valence electrons. The maximum Gasteiger partial charge on any atom is 0.424 e. The normalized spacial score (nSPS) is 11.6. The highest BCUT2D eigenvalue weighted by Crippen LogP contribution is 2.27. The van der Waals surface area contributed by atoms with Gasteiger partial charge in [0.2, 0.25) is 11.8 Å². The highest BCUT2D eigenvalue weighted by atomic mass is 16.6. The number of ether oxygens (including phenoxy) is 1. The second kappa shape index (κ2) is 7.31. The number of aromatic amines is 1. The molecule has 0 spiro atoms. The van der Waals surface area contributed by atoms with Crippen molar-refractivity contribution in [2.24, 2.45) is 0 Å². The predicted molar refractivity (Wildman–Crippen MR) is 104 cm³/mol. The first kappa shape index (κ1) is 18.8. The molecule has 3 rings (SSSR count). The number of rotatable bonds is 4. The zero-order chi connectivity index (χ0) is 19.6. The molecule has 0 bridgehead atoms. The molecule has 0 fully saturated rings. The smallest absolute Gasteiger partial charge is 0.424 e. The van der Waals surface area contributed by atoms with Crippen LogP contribution in [0.2, 0.25) is 0 Å². The lowest BCUT2D eigenvalue weighted by atomic mass is 10.1. The highest BCUT2D eigenvalue weighted by molar-refractivity contribution is 6.13. The van der Waals surface area contributed by atoms with Crippen molar-refractivity contribution in [3.63, 3.8) is 0 Å². The third kappa shape index (κ3) is 4.05. The number of nitrogens with zero attached hydrogens (tertiary/aromatic N) is 1. The van der Waals surface area contributed by atoms with E-state index in [2.05, 4.69) is 4.98 Å². The van der Waals surface area contributed by atoms with E-state index in [-0.39, 0.29) is 12.3 Å². The molecular formula is C21H24N2O4. The summed E-state index contributed by atoms with van der Waals surface area (Å²) in [6, 6.07) is 9.48. The number of H-pyrrole nitrogens is 1. The zero-order valence-corrected chi connectivity index (χ0v) is 16.0. The number of anilines is 1. The van der Waals surface area contributed by atoms with Crippen LogP contribution in [-0.4, -0.2) is 22.6 Å². The van der Waals surface area contributed by atoms with Crippen molar-refractivity contribution in [3.05, 3.63) is 53.9 Å². The number of benzene rings is 1. The van der Waals surface area contributed by atoms with Crippen LogP contribution in [0.5, 0.6) is 0 Å². The van der Waals surface area contributed by atoms with Crippen LogP contribution in [0, 0.1) is 0 Å². The Bertz CT molecular complexity index is 962. The monoisotopic (exact) mass is 368 g/mol. The third-order valence-corrected chi connectivity index (χ3v) is 4.15. The van der Waals surface area contributed by atoms with Gasteiger partial charge in [0, 0.05) is 22.7 Å². The van der Waals surface area contributed by atoms with Crippen LogP contribution in [0.3, 0.4) is 0 Å². The molecule has 6 nitrogen and oxygen atoms in total. The molecule has 6 heteroatoms. The van der Waals surface area contributed by atoms with Gasteiger partial charge in [-0.25, -0.2) is 4.79 Å². The first-order chi connectivity index (χ1) is 12.8. The summed E-state index contributed by atoms with van der Waals surface area (Å²) >= 11 is 0. The number of para-hydroxylation sites is 1. The fourth-order valence-corrected chi connectivity index (χ4v) is 2.92. The molecule has 0 radical (unpaired) electrons. The van der Waals surface area contributed by atoms with Crippen molar-refractivity contribution < 1.29 is 18.7 Å². The second-order valence-electron chi connectivity index (χ2n) is 7.35. The molecule has 2 aromatic heterocycles. The fourth-order valence-electron chi connectivity index (χ4n) is 2.92. The molecule has 0 atom stereocenters. The quantitative estimate of drug-likeness (QED) is 0.715. The summed E-state index contributed by atoms with van der Waals surface area (Å²) in [6.45, 7) is 7.22. The van der Waals surface area contributed by atoms with Crippen molar-refractivity contribution in [1.29, 1.82) is 0 Å². The van der Waals surface area contributed by atoms with Crippen molar-refractivity contribution in [2.45, 2.75) is 46.1 Å². The van der Waals surface area contributed by atoms with Crippen LogP contribution in [-0.2, 0) is 22.4 Å². The van der Waals surface area contributed by atoms with Gasteiger partial charge in [-0.15, -0.1) is 0 Å². The number of aromatic nitrogens is 1. The summed E-state index contributed by atoms with van der Waals surface area (Å²) < 4.78 is 10.9. The summed E-state index contributed by atoms with van der Waals surface area (Å²) in [5, 5.41) is 0.949. The van der Waals surface area contributed by atoms with E-state index in [0.717, 1.165) is 26.9 Å². The molecule has 0 saturated carbocycles. The van der Waals surface area contributed by atoms with Gasteiger partial charge < -0.3 is 14.1 Å². The lowest BCUT2D eigenvalue weighted by Crippen LogP contribution is -2.42. The number of nitrogens with one attached hydrogen (secondary N) is 1. The zero-order valence-electron chi connectivity index (χ0n) is 16.0. The van der Waals surface area contributed by atoms with Crippen LogP contribution in [0.25, 0.3) is 10.9 Å².